The molecule has 1 aromatic carbocycles. The van der Waals surface area contributed by atoms with E-state index in [2.05, 4.69) is 4.98 Å². The lowest BCUT2D eigenvalue weighted by molar-refractivity contribution is -0.137. The number of likely N-dealkylation sites (N-methyl/N-ethyl adjacent to an activating group) is 1. The fraction of sp³-hybridized carbons (Fsp3) is 0.444. The highest BCUT2D eigenvalue weighted by atomic mass is 19.4. The SMILES string of the molecule is CN(C)CCC1CN(C)C(=O)c2cnc3cc(C(F)(F)F)ccc3c2O1. The topological polar surface area (TPSA) is 45.7 Å². The van der Waals surface area contributed by atoms with Crippen LogP contribution in [-0.2, 0) is 6.18 Å². The molecule has 0 radical (unpaired) electrons. The number of benzene rings is 1. The summed E-state index contributed by atoms with van der Waals surface area (Å²) >= 11 is 0. The Balaban J connectivity index is 2.06. The number of halogens is 3. The lowest BCUT2D eigenvalue weighted by Crippen LogP contribution is -2.35. The van der Waals surface area contributed by atoms with Gasteiger partial charge >= 0.3 is 6.18 Å². The number of hydrogen-bond acceptors (Lipinski definition) is 4. The Morgan fingerprint density at radius 2 is 2.08 bits per heavy atom. The molecule has 1 aromatic heterocycles. The quantitative estimate of drug-likeness (QED) is 0.837. The first-order valence-electron chi connectivity index (χ1n) is 8.23. The van der Waals surface area contributed by atoms with E-state index in [1.165, 1.54) is 12.3 Å². The van der Waals surface area contributed by atoms with E-state index in [9.17, 15) is 18.0 Å². The van der Waals surface area contributed by atoms with Crippen molar-refractivity contribution in [2.75, 3.05) is 34.2 Å². The van der Waals surface area contributed by atoms with Crippen LogP contribution in [0, 0.1) is 0 Å². The van der Waals surface area contributed by atoms with Gasteiger partial charge in [-0.25, -0.2) is 0 Å². The zero-order valence-corrected chi connectivity index (χ0v) is 14.8. The standard InChI is InChI=1S/C18H20F3N3O2/c1-23(2)7-6-12-10-24(3)17(25)14-9-22-15-8-11(18(19,20)21)4-5-13(15)16(14)26-12/h4-5,8-9,12H,6-7,10H2,1-3H3. The zero-order chi connectivity index (χ0) is 19.1. The molecule has 0 saturated carbocycles. The van der Waals surface area contributed by atoms with Gasteiger partial charge in [-0.05, 0) is 38.7 Å². The molecule has 8 heteroatoms. The molecule has 0 aliphatic carbocycles. The van der Waals surface area contributed by atoms with Crippen LogP contribution >= 0.6 is 0 Å². The number of hydrogen-bond donors (Lipinski definition) is 0. The first-order valence-corrected chi connectivity index (χ1v) is 8.23. The summed E-state index contributed by atoms with van der Waals surface area (Å²) in [5.41, 5.74) is -0.354. The summed E-state index contributed by atoms with van der Waals surface area (Å²) in [6.07, 6.45) is -2.71. The van der Waals surface area contributed by atoms with Crippen LogP contribution in [0.5, 0.6) is 5.75 Å². The Kier molecular flexibility index (Phi) is 4.79. The lowest BCUT2D eigenvalue weighted by Gasteiger charge is -2.22. The Bertz CT molecular complexity index is 836. The van der Waals surface area contributed by atoms with Gasteiger partial charge in [-0.15, -0.1) is 0 Å². The summed E-state index contributed by atoms with van der Waals surface area (Å²) in [5.74, 6) is 0.0588. The third-order valence-corrected chi connectivity index (χ3v) is 4.38. The molecule has 1 unspecified atom stereocenters. The predicted molar refractivity (Wildman–Crippen MR) is 91.3 cm³/mol. The van der Waals surface area contributed by atoms with Gasteiger partial charge in [0.15, 0.2) is 0 Å². The maximum absolute atomic E-state index is 12.9. The number of pyridine rings is 1. The summed E-state index contributed by atoms with van der Waals surface area (Å²) in [4.78, 5) is 20.2. The Hall–Kier alpha value is -2.35. The Morgan fingerprint density at radius 3 is 2.73 bits per heavy atom. The second-order valence-electron chi connectivity index (χ2n) is 6.75. The molecule has 2 aromatic rings. The van der Waals surface area contributed by atoms with Crippen LogP contribution in [-0.4, -0.2) is 61.0 Å². The van der Waals surface area contributed by atoms with E-state index in [4.69, 9.17) is 4.74 Å². The van der Waals surface area contributed by atoms with Crippen molar-refractivity contribution in [1.29, 1.82) is 0 Å². The summed E-state index contributed by atoms with van der Waals surface area (Å²) in [7, 11) is 5.56. The molecule has 0 bridgehead atoms. The average Bonchev–Trinajstić information content (AvgIpc) is 2.69. The molecule has 1 atom stereocenters. The van der Waals surface area contributed by atoms with Gasteiger partial charge in [0.2, 0.25) is 0 Å². The molecular formula is C18H20F3N3O2. The molecule has 0 spiro atoms. The fourth-order valence-corrected chi connectivity index (χ4v) is 2.97. The second kappa shape index (κ2) is 6.75. The molecule has 26 heavy (non-hydrogen) atoms. The highest BCUT2D eigenvalue weighted by Gasteiger charge is 2.32. The van der Waals surface area contributed by atoms with E-state index in [0.717, 1.165) is 18.7 Å². The van der Waals surface area contributed by atoms with Gasteiger partial charge in [0.1, 0.15) is 17.4 Å². The average molecular weight is 367 g/mol. The molecule has 1 aliphatic heterocycles. The number of ether oxygens (including phenoxy) is 1. The van der Waals surface area contributed by atoms with Crippen molar-refractivity contribution < 1.29 is 22.7 Å². The van der Waals surface area contributed by atoms with Gasteiger partial charge in [-0.2, -0.15) is 13.2 Å². The fourth-order valence-electron chi connectivity index (χ4n) is 2.97. The van der Waals surface area contributed by atoms with Crippen molar-refractivity contribution in [3.05, 3.63) is 35.5 Å². The number of aromatic nitrogens is 1. The van der Waals surface area contributed by atoms with Crippen LogP contribution in [0.15, 0.2) is 24.4 Å². The van der Waals surface area contributed by atoms with Gasteiger partial charge in [-0.3, -0.25) is 9.78 Å². The second-order valence-corrected chi connectivity index (χ2v) is 6.75. The van der Waals surface area contributed by atoms with Crippen LogP contribution in [0.2, 0.25) is 0 Å². The van der Waals surface area contributed by atoms with Crippen LogP contribution in [0.3, 0.4) is 0 Å². The third kappa shape index (κ3) is 3.60. The van der Waals surface area contributed by atoms with Crippen molar-refractivity contribution in [2.45, 2.75) is 18.7 Å². The molecule has 3 rings (SSSR count). The van der Waals surface area contributed by atoms with E-state index in [-0.39, 0.29) is 23.1 Å². The molecule has 5 nitrogen and oxygen atoms in total. The summed E-state index contributed by atoms with van der Waals surface area (Å²) in [5, 5.41) is 0.411. The summed E-state index contributed by atoms with van der Waals surface area (Å²) in [6.45, 7) is 1.17. The van der Waals surface area contributed by atoms with Crippen molar-refractivity contribution in [1.82, 2.24) is 14.8 Å². The smallest absolute Gasteiger partial charge is 0.416 e. The molecule has 0 fully saturated rings. The largest absolute Gasteiger partial charge is 0.487 e. The van der Waals surface area contributed by atoms with Crippen molar-refractivity contribution in [3.63, 3.8) is 0 Å². The number of fused-ring (bicyclic) bond motifs is 3. The minimum Gasteiger partial charge on any atom is -0.487 e. The normalized spacial score (nSPS) is 18.0. The molecule has 1 aliphatic rings. The Labute approximate surface area is 149 Å². The van der Waals surface area contributed by atoms with Crippen LogP contribution < -0.4 is 4.74 Å². The van der Waals surface area contributed by atoms with Crippen molar-refractivity contribution >= 4 is 16.8 Å². The number of amides is 1. The summed E-state index contributed by atoms with van der Waals surface area (Å²) < 4.78 is 44.9. The minimum absolute atomic E-state index is 0.155. The van der Waals surface area contributed by atoms with Gasteiger partial charge in [0.25, 0.3) is 5.91 Å². The number of carbonyl (C=O) groups excluding carboxylic acids is 1. The first kappa shape index (κ1) is 18.4. The van der Waals surface area contributed by atoms with E-state index in [1.54, 1.807) is 11.9 Å². The summed E-state index contributed by atoms with van der Waals surface area (Å²) in [6, 6.07) is 3.29. The maximum Gasteiger partial charge on any atom is 0.416 e. The van der Waals surface area contributed by atoms with Gasteiger partial charge in [0, 0.05) is 25.2 Å². The number of nitrogens with zero attached hydrogens (tertiary/aromatic N) is 3. The lowest BCUT2D eigenvalue weighted by atomic mass is 10.1. The number of carbonyl (C=O) groups is 1. The Morgan fingerprint density at radius 1 is 1.35 bits per heavy atom. The predicted octanol–water partition coefficient (Wildman–Crippen LogP) is 3.04. The zero-order valence-electron chi connectivity index (χ0n) is 14.8. The van der Waals surface area contributed by atoms with Crippen molar-refractivity contribution in [3.8, 4) is 5.75 Å². The number of rotatable bonds is 3. The molecule has 0 saturated heterocycles. The third-order valence-electron chi connectivity index (χ3n) is 4.38. The highest BCUT2D eigenvalue weighted by Crippen LogP contribution is 2.36. The van der Waals surface area contributed by atoms with E-state index in [0.29, 0.717) is 24.1 Å². The molecular weight excluding hydrogens is 347 g/mol. The molecule has 2 heterocycles. The van der Waals surface area contributed by atoms with Crippen molar-refractivity contribution in [2.24, 2.45) is 0 Å². The van der Waals surface area contributed by atoms with Gasteiger partial charge in [0.05, 0.1) is 17.6 Å². The highest BCUT2D eigenvalue weighted by molar-refractivity contribution is 6.02. The number of alkyl halides is 3. The molecule has 0 N–H and O–H groups in total. The van der Waals surface area contributed by atoms with Crippen LogP contribution in [0.4, 0.5) is 13.2 Å². The molecule has 1 amide bonds. The maximum atomic E-state index is 12.9. The van der Waals surface area contributed by atoms with E-state index in [1.807, 2.05) is 19.0 Å². The molecule has 140 valence electrons. The monoisotopic (exact) mass is 367 g/mol. The first-order chi connectivity index (χ1) is 12.2. The minimum atomic E-state index is -4.45. The van der Waals surface area contributed by atoms with E-state index < -0.39 is 11.7 Å². The van der Waals surface area contributed by atoms with Gasteiger partial charge in [-0.1, -0.05) is 0 Å². The van der Waals surface area contributed by atoms with Crippen LogP contribution in [0.25, 0.3) is 10.9 Å². The van der Waals surface area contributed by atoms with Crippen LogP contribution in [0.1, 0.15) is 22.3 Å². The van der Waals surface area contributed by atoms with E-state index >= 15 is 0 Å². The van der Waals surface area contributed by atoms with Gasteiger partial charge < -0.3 is 14.5 Å².